The molecule has 2 fully saturated rings. The lowest BCUT2D eigenvalue weighted by molar-refractivity contribution is -0.0124. The van der Waals surface area contributed by atoms with Gasteiger partial charge in [-0.2, -0.15) is 5.26 Å². The highest BCUT2D eigenvalue weighted by molar-refractivity contribution is 5.06. The molecule has 2 aliphatic carbocycles. The highest BCUT2D eigenvalue weighted by Gasteiger charge is 2.42. The van der Waals surface area contributed by atoms with E-state index >= 15 is 0 Å². The predicted molar refractivity (Wildman–Crippen MR) is 68.3 cm³/mol. The minimum Gasteiger partial charge on any atom is -0.391 e. The van der Waals surface area contributed by atoms with E-state index in [0.717, 1.165) is 38.5 Å². The van der Waals surface area contributed by atoms with Crippen molar-refractivity contribution in [1.82, 2.24) is 0 Å². The van der Waals surface area contributed by atoms with Crippen molar-refractivity contribution in [2.45, 2.75) is 76.7 Å². The van der Waals surface area contributed by atoms with Crippen LogP contribution in [0.3, 0.4) is 0 Å². The third-order valence-electron chi connectivity index (χ3n) is 4.88. The van der Waals surface area contributed by atoms with Crippen molar-refractivity contribution in [2.24, 2.45) is 11.3 Å². The summed E-state index contributed by atoms with van der Waals surface area (Å²) in [5.74, 6) is 0.384. The summed E-state index contributed by atoms with van der Waals surface area (Å²) in [5.41, 5.74) is -0.409. The van der Waals surface area contributed by atoms with Gasteiger partial charge in [0.05, 0.1) is 17.6 Å². The SMILES string of the molecule is N#CC1(C(O)C2CCCCCC2)CCCCC1. The number of hydrogen-bond acceptors (Lipinski definition) is 2. The van der Waals surface area contributed by atoms with Gasteiger partial charge in [0.15, 0.2) is 0 Å². The van der Waals surface area contributed by atoms with Crippen LogP contribution in [0.5, 0.6) is 0 Å². The Bertz CT molecular complexity index is 267. The van der Waals surface area contributed by atoms with Crippen molar-refractivity contribution >= 4 is 0 Å². The van der Waals surface area contributed by atoms with E-state index in [1.165, 1.54) is 32.1 Å². The molecule has 2 heteroatoms. The first kappa shape index (κ1) is 12.9. The van der Waals surface area contributed by atoms with Crippen molar-refractivity contribution in [3.05, 3.63) is 0 Å². The smallest absolute Gasteiger partial charge is 0.0835 e. The molecule has 0 aromatic rings. The van der Waals surface area contributed by atoms with Gasteiger partial charge in [0.25, 0.3) is 0 Å². The highest BCUT2D eigenvalue weighted by atomic mass is 16.3. The van der Waals surface area contributed by atoms with Crippen LogP contribution in [0.4, 0.5) is 0 Å². The maximum Gasteiger partial charge on any atom is 0.0835 e. The summed E-state index contributed by atoms with van der Waals surface area (Å²) in [7, 11) is 0. The zero-order valence-electron chi connectivity index (χ0n) is 10.8. The molecule has 0 heterocycles. The Kier molecular flexibility index (Phi) is 4.45. The van der Waals surface area contributed by atoms with Crippen LogP contribution in [0.1, 0.15) is 70.6 Å². The number of aliphatic hydroxyl groups excluding tert-OH is 1. The normalized spacial score (nSPS) is 28.0. The molecule has 0 aromatic carbocycles. The molecule has 96 valence electrons. The lowest BCUT2D eigenvalue weighted by atomic mass is 9.67. The van der Waals surface area contributed by atoms with Crippen LogP contribution in [0.2, 0.25) is 0 Å². The Balaban J connectivity index is 2.04. The standard InChI is InChI=1S/C15H25NO/c16-12-15(10-6-3-7-11-15)14(17)13-8-4-1-2-5-9-13/h13-14,17H,1-11H2. The first-order chi connectivity index (χ1) is 8.28. The van der Waals surface area contributed by atoms with Crippen LogP contribution in [0, 0.1) is 22.7 Å². The van der Waals surface area contributed by atoms with E-state index in [4.69, 9.17) is 0 Å². The Morgan fingerprint density at radius 3 is 2.00 bits per heavy atom. The number of rotatable bonds is 2. The fourth-order valence-corrected chi connectivity index (χ4v) is 3.73. The summed E-state index contributed by atoms with van der Waals surface area (Å²) in [4.78, 5) is 0. The van der Waals surface area contributed by atoms with Gasteiger partial charge in [-0.15, -0.1) is 0 Å². The van der Waals surface area contributed by atoms with Gasteiger partial charge in [0, 0.05) is 0 Å². The average molecular weight is 235 g/mol. The third kappa shape index (κ3) is 2.83. The molecule has 0 bridgehead atoms. The van der Waals surface area contributed by atoms with Gasteiger partial charge in [0.2, 0.25) is 0 Å². The minimum absolute atomic E-state index is 0.370. The summed E-state index contributed by atoms with van der Waals surface area (Å²) in [6.07, 6.45) is 12.3. The molecule has 0 saturated heterocycles. The molecule has 0 radical (unpaired) electrons. The van der Waals surface area contributed by atoms with Crippen molar-refractivity contribution in [2.75, 3.05) is 0 Å². The molecule has 17 heavy (non-hydrogen) atoms. The molecule has 2 nitrogen and oxygen atoms in total. The molecular formula is C15H25NO. The maximum atomic E-state index is 10.7. The second-order valence-corrected chi connectivity index (χ2v) is 6.03. The topological polar surface area (TPSA) is 44.0 Å². The molecule has 2 rings (SSSR count). The van der Waals surface area contributed by atoms with Gasteiger partial charge < -0.3 is 5.11 Å². The summed E-state index contributed by atoms with van der Waals surface area (Å²) in [5, 5.41) is 20.2. The largest absolute Gasteiger partial charge is 0.391 e. The van der Waals surface area contributed by atoms with Crippen LogP contribution in [0.25, 0.3) is 0 Å². The molecule has 1 N–H and O–H groups in total. The molecular weight excluding hydrogens is 210 g/mol. The number of aliphatic hydroxyl groups is 1. The van der Waals surface area contributed by atoms with Crippen LogP contribution in [-0.2, 0) is 0 Å². The lowest BCUT2D eigenvalue weighted by Gasteiger charge is -2.38. The van der Waals surface area contributed by atoms with Crippen molar-refractivity contribution < 1.29 is 5.11 Å². The molecule has 2 saturated carbocycles. The Morgan fingerprint density at radius 1 is 0.941 bits per heavy atom. The first-order valence-corrected chi connectivity index (χ1v) is 7.38. The molecule has 0 aromatic heterocycles. The zero-order valence-corrected chi connectivity index (χ0v) is 10.8. The van der Waals surface area contributed by atoms with Crippen LogP contribution < -0.4 is 0 Å². The quantitative estimate of drug-likeness (QED) is 0.740. The molecule has 0 spiro atoms. The Morgan fingerprint density at radius 2 is 1.47 bits per heavy atom. The van der Waals surface area contributed by atoms with Crippen LogP contribution >= 0.6 is 0 Å². The Labute approximate surface area is 105 Å². The average Bonchev–Trinajstić information content (AvgIpc) is 2.67. The maximum absolute atomic E-state index is 10.7. The van der Waals surface area contributed by atoms with E-state index in [1.54, 1.807) is 0 Å². The fourth-order valence-electron chi connectivity index (χ4n) is 3.73. The minimum atomic E-state index is -0.409. The monoisotopic (exact) mass is 235 g/mol. The van der Waals surface area contributed by atoms with Gasteiger partial charge in [-0.05, 0) is 31.6 Å². The van der Waals surface area contributed by atoms with E-state index in [9.17, 15) is 10.4 Å². The van der Waals surface area contributed by atoms with E-state index in [1.807, 2.05) is 0 Å². The molecule has 0 amide bonds. The van der Waals surface area contributed by atoms with Crippen molar-refractivity contribution in [3.8, 4) is 6.07 Å². The van der Waals surface area contributed by atoms with E-state index < -0.39 is 5.41 Å². The molecule has 2 aliphatic rings. The molecule has 0 aliphatic heterocycles. The third-order valence-corrected chi connectivity index (χ3v) is 4.88. The van der Waals surface area contributed by atoms with Gasteiger partial charge in [-0.3, -0.25) is 0 Å². The lowest BCUT2D eigenvalue weighted by Crippen LogP contribution is -2.41. The number of nitriles is 1. The van der Waals surface area contributed by atoms with Crippen LogP contribution in [-0.4, -0.2) is 11.2 Å². The van der Waals surface area contributed by atoms with E-state index in [2.05, 4.69) is 6.07 Å². The van der Waals surface area contributed by atoms with Gasteiger partial charge in [-0.25, -0.2) is 0 Å². The zero-order chi connectivity index (χ0) is 12.1. The van der Waals surface area contributed by atoms with Gasteiger partial charge in [0.1, 0.15) is 0 Å². The molecule has 1 atom stereocenters. The van der Waals surface area contributed by atoms with E-state index in [0.29, 0.717) is 5.92 Å². The molecule has 1 unspecified atom stereocenters. The van der Waals surface area contributed by atoms with Crippen molar-refractivity contribution in [1.29, 1.82) is 5.26 Å². The summed E-state index contributed by atoms with van der Waals surface area (Å²) in [6.45, 7) is 0. The predicted octanol–water partition coefficient (Wildman–Crippen LogP) is 3.79. The Hall–Kier alpha value is -0.550. The highest BCUT2D eigenvalue weighted by Crippen LogP contribution is 2.43. The van der Waals surface area contributed by atoms with Gasteiger partial charge in [-0.1, -0.05) is 44.9 Å². The summed E-state index contributed by atoms with van der Waals surface area (Å²) < 4.78 is 0. The summed E-state index contributed by atoms with van der Waals surface area (Å²) >= 11 is 0. The summed E-state index contributed by atoms with van der Waals surface area (Å²) in [6, 6.07) is 2.48. The number of hydrogen-bond donors (Lipinski definition) is 1. The van der Waals surface area contributed by atoms with Crippen LogP contribution in [0.15, 0.2) is 0 Å². The second kappa shape index (κ2) is 5.87. The fraction of sp³-hybridized carbons (Fsp3) is 0.933. The first-order valence-electron chi connectivity index (χ1n) is 7.38. The number of nitrogens with zero attached hydrogens (tertiary/aromatic N) is 1. The second-order valence-electron chi connectivity index (χ2n) is 6.03. The van der Waals surface area contributed by atoms with Crippen molar-refractivity contribution in [3.63, 3.8) is 0 Å². The van der Waals surface area contributed by atoms with E-state index in [-0.39, 0.29) is 6.10 Å². The van der Waals surface area contributed by atoms with Gasteiger partial charge >= 0.3 is 0 Å².